The molecule has 40 heavy (non-hydrogen) atoms. The SMILES string of the molecule is CC1=CCN(C(=O)[C@H](Cc2cccc(C(=N)N)c2)NS(=O)(=O)c2ccc3c(c2)CN(C(C)C)CC3)C(C(=O)O)C1. The summed E-state index contributed by atoms with van der Waals surface area (Å²) in [5.41, 5.74) is 9.55. The van der Waals surface area contributed by atoms with Crippen molar-refractivity contribution in [3.05, 3.63) is 76.4 Å². The van der Waals surface area contributed by atoms with Gasteiger partial charge in [0.1, 0.15) is 17.9 Å². The van der Waals surface area contributed by atoms with Crippen molar-refractivity contribution in [3.63, 3.8) is 0 Å². The second kappa shape index (κ2) is 11.9. The predicted molar refractivity (Wildman–Crippen MR) is 152 cm³/mol. The third kappa shape index (κ3) is 6.60. The number of carbonyl (C=O) groups is 2. The lowest BCUT2D eigenvalue weighted by atomic mass is 9.98. The molecule has 1 amide bonds. The Balaban J connectivity index is 1.68. The molecule has 2 aliphatic heterocycles. The van der Waals surface area contributed by atoms with Gasteiger partial charge in [-0.3, -0.25) is 15.1 Å². The number of nitrogens with one attached hydrogen (secondary N) is 2. The summed E-state index contributed by atoms with van der Waals surface area (Å²) in [5.74, 6) is -1.93. The number of amides is 1. The fourth-order valence-electron chi connectivity index (χ4n) is 5.24. The van der Waals surface area contributed by atoms with Gasteiger partial charge in [-0.1, -0.05) is 35.9 Å². The monoisotopic (exact) mass is 567 g/mol. The molecule has 2 aromatic carbocycles. The first-order valence-corrected chi connectivity index (χ1v) is 14.8. The van der Waals surface area contributed by atoms with Crippen LogP contribution in [0.3, 0.4) is 0 Å². The summed E-state index contributed by atoms with van der Waals surface area (Å²) < 4.78 is 30.0. The fraction of sp³-hybridized carbons (Fsp3) is 0.414. The molecule has 214 valence electrons. The molecule has 0 radical (unpaired) electrons. The van der Waals surface area contributed by atoms with E-state index in [4.69, 9.17) is 11.1 Å². The highest BCUT2D eigenvalue weighted by Gasteiger charge is 2.37. The van der Waals surface area contributed by atoms with E-state index < -0.39 is 34.0 Å². The highest BCUT2D eigenvalue weighted by molar-refractivity contribution is 7.89. The van der Waals surface area contributed by atoms with E-state index in [-0.39, 0.29) is 30.1 Å². The van der Waals surface area contributed by atoms with Crippen LogP contribution in [-0.4, -0.2) is 72.3 Å². The molecule has 1 unspecified atom stereocenters. The number of carbonyl (C=O) groups excluding carboxylic acids is 1. The zero-order valence-corrected chi connectivity index (χ0v) is 23.9. The number of hydrogen-bond acceptors (Lipinski definition) is 6. The second-order valence-electron chi connectivity index (χ2n) is 10.8. The van der Waals surface area contributed by atoms with Crippen molar-refractivity contribution in [1.82, 2.24) is 14.5 Å². The van der Waals surface area contributed by atoms with Crippen molar-refractivity contribution in [2.24, 2.45) is 5.73 Å². The minimum atomic E-state index is -4.16. The molecule has 5 N–H and O–H groups in total. The normalized spacial score (nSPS) is 18.6. The number of hydrogen-bond donors (Lipinski definition) is 4. The van der Waals surface area contributed by atoms with Crippen LogP contribution in [-0.2, 0) is 39.0 Å². The van der Waals surface area contributed by atoms with E-state index in [0.717, 1.165) is 29.7 Å². The minimum absolute atomic E-state index is 0.0449. The van der Waals surface area contributed by atoms with Crippen molar-refractivity contribution in [2.45, 2.75) is 69.6 Å². The Morgan fingerprint density at radius 3 is 2.60 bits per heavy atom. The molecule has 0 saturated carbocycles. The molecule has 2 atom stereocenters. The number of nitrogens with zero attached hydrogens (tertiary/aromatic N) is 2. The summed E-state index contributed by atoms with van der Waals surface area (Å²) in [6, 6.07) is 9.67. The Morgan fingerprint density at radius 2 is 1.93 bits per heavy atom. The minimum Gasteiger partial charge on any atom is -0.480 e. The van der Waals surface area contributed by atoms with Crippen LogP contribution in [0.2, 0.25) is 0 Å². The molecule has 11 heteroatoms. The van der Waals surface area contributed by atoms with Crippen molar-refractivity contribution in [2.75, 3.05) is 13.1 Å². The molecule has 2 aliphatic rings. The Bertz CT molecular complexity index is 1450. The van der Waals surface area contributed by atoms with E-state index in [0.29, 0.717) is 23.7 Å². The first-order valence-electron chi connectivity index (χ1n) is 13.4. The van der Waals surface area contributed by atoms with E-state index in [1.165, 1.54) is 4.90 Å². The van der Waals surface area contributed by atoms with Crippen molar-refractivity contribution >= 4 is 27.7 Å². The molecule has 0 saturated heterocycles. The second-order valence-corrected chi connectivity index (χ2v) is 12.6. The smallest absolute Gasteiger partial charge is 0.326 e. The number of nitrogens with two attached hydrogens (primary N) is 1. The summed E-state index contributed by atoms with van der Waals surface area (Å²) in [4.78, 5) is 29.4. The van der Waals surface area contributed by atoms with Gasteiger partial charge in [-0.05, 0) is 74.9 Å². The van der Waals surface area contributed by atoms with Gasteiger partial charge in [0, 0.05) is 31.2 Å². The highest BCUT2D eigenvalue weighted by Crippen LogP contribution is 2.25. The average molecular weight is 568 g/mol. The molecule has 2 aromatic rings. The topological polar surface area (TPSA) is 157 Å². The van der Waals surface area contributed by atoms with Crippen LogP contribution in [0.15, 0.2) is 59.0 Å². The van der Waals surface area contributed by atoms with Gasteiger partial charge >= 0.3 is 5.97 Å². The Hall–Kier alpha value is -3.54. The molecular formula is C29H37N5O5S. The number of carboxylic acid groups (broad SMARTS) is 1. The fourth-order valence-corrected chi connectivity index (χ4v) is 6.48. The van der Waals surface area contributed by atoms with Gasteiger partial charge < -0.3 is 15.7 Å². The zero-order valence-electron chi connectivity index (χ0n) is 23.1. The Kier molecular flexibility index (Phi) is 8.77. The van der Waals surface area contributed by atoms with Gasteiger partial charge in [-0.2, -0.15) is 4.72 Å². The van der Waals surface area contributed by atoms with E-state index in [1.54, 1.807) is 42.5 Å². The van der Waals surface area contributed by atoms with Gasteiger partial charge in [0.2, 0.25) is 15.9 Å². The number of aliphatic carboxylic acids is 1. The number of carboxylic acids is 1. The molecule has 4 rings (SSSR count). The number of sulfonamides is 1. The van der Waals surface area contributed by atoms with Crippen LogP contribution < -0.4 is 10.5 Å². The lowest BCUT2D eigenvalue weighted by Gasteiger charge is -2.35. The maximum absolute atomic E-state index is 13.8. The summed E-state index contributed by atoms with van der Waals surface area (Å²) >= 11 is 0. The molecule has 0 bridgehead atoms. The molecule has 0 fully saturated rings. The van der Waals surface area contributed by atoms with E-state index in [1.807, 2.05) is 13.0 Å². The van der Waals surface area contributed by atoms with E-state index in [9.17, 15) is 23.1 Å². The molecule has 0 spiro atoms. The lowest BCUT2D eigenvalue weighted by Crippen LogP contribution is -2.55. The van der Waals surface area contributed by atoms with Crippen LogP contribution in [0.25, 0.3) is 0 Å². The number of fused-ring (bicyclic) bond motifs is 1. The molecular weight excluding hydrogens is 530 g/mol. The van der Waals surface area contributed by atoms with Crippen LogP contribution in [0.4, 0.5) is 0 Å². The first-order chi connectivity index (χ1) is 18.9. The summed E-state index contributed by atoms with van der Waals surface area (Å²) in [6.07, 6.45) is 2.73. The van der Waals surface area contributed by atoms with E-state index >= 15 is 0 Å². The van der Waals surface area contributed by atoms with Gasteiger partial charge in [-0.15, -0.1) is 0 Å². The maximum atomic E-state index is 13.8. The highest BCUT2D eigenvalue weighted by atomic mass is 32.2. The number of benzene rings is 2. The molecule has 2 heterocycles. The van der Waals surface area contributed by atoms with E-state index in [2.05, 4.69) is 23.5 Å². The van der Waals surface area contributed by atoms with Crippen LogP contribution in [0.5, 0.6) is 0 Å². The summed E-state index contributed by atoms with van der Waals surface area (Å²) in [5, 5.41) is 17.6. The average Bonchev–Trinajstić information content (AvgIpc) is 2.91. The summed E-state index contributed by atoms with van der Waals surface area (Å²) in [6.45, 7) is 7.62. The van der Waals surface area contributed by atoms with Crippen molar-refractivity contribution in [3.8, 4) is 0 Å². The number of rotatable bonds is 9. The lowest BCUT2D eigenvalue weighted by molar-refractivity contribution is -0.150. The molecule has 10 nitrogen and oxygen atoms in total. The van der Waals surface area contributed by atoms with Crippen molar-refractivity contribution < 1.29 is 23.1 Å². The van der Waals surface area contributed by atoms with Gasteiger partial charge in [-0.25, -0.2) is 13.2 Å². The quantitative estimate of drug-likeness (QED) is 0.206. The van der Waals surface area contributed by atoms with Crippen LogP contribution >= 0.6 is 0 Å². The largest absolute Gasteiger partial charge is 0.480 e. The number of nitrogen functional groups attached to an aromatic ring is 1. The van der Waals surface area contributed by atoms with Gasteiger partial charge in [0.05, 0.1) is 4.90 Å². The van der Waals surface area contributed by atoms with Gasteiger partial charge in [0.15, 0.2) is 0 Å². The number of amidine groups is 1. The van der Waals surface area contributed by atoms with Crippen LogP contribution in [0, 0.1) is 5.41 Å². The first kappa shape index (κ1) is 29.4. The zero-order chi connectivity index (χ0) is 29.2. The Morgan fingerprint density at radius 1 is 1.18 bits per heavy atom. The standard InChI is InChI=1S/C29H37N5O5S/c1-18(2)33-11-10-21-7-8-24(16-23(21)17-33)40(38,39)32-25(15-20-5-4-6-22(14-20)27(30)31)28(35)34-12-9-19(3)13-26(34)29(36)37/h4-9,14,16,18,25-26,32H,10-13,15,17H2,1-3H3,(H3,30,31)(H,36,37)/t25-,26?/m0/s1. The van der Waals surface area contributed by atoms with Crippen LogP contribution in [0.1, 0.15) is 49.4 Å². The Labute approximate surface area is 235 Å². The third-order valence-corrected chi connectivity index (χ3v) is 9.10. The summed E-state index contributed by atoms with van der Waals surface area (Å²) in [7, 11) is -4.16. The maximum Gasteiger partial charge on any atom is 0.326 e. The van der Waals surface area contributed by atoms with Crippen molar-refractivity contribution in [1.29, 1.82) is 5.41 Å². The molecule has 0 aromatic heterocycles. The third-order valence-electron chi connectivity index (χ3n) is 7.63. The molecule has 0 aliphatic carbocycles. The van der Waals surface area contributed by atoms with Gasteiger partial charge in [0.25, 0.3) is 0 Å². The predicted octanol–water partition coefficient (Wildman–Crippen LogP) is 2.26.